The van der Waals surface area contributed by atoms with Gasteiger partial charge in [0.1, 0.15) is 11.3 Å². The van der Waals surface area contributed by atoms with E-state index >= 15 is 0 Å². The van der Waals surface area contributed by atoms with Gasteiger partial charge >= 0.3 is 0 Å². The first-order chi connectivity index (χ1) is 14.0. The Labute approximate surface area is 168 Å². The number of nitrogens with one attached hydrogen (secondary N) is 1. The molecule has 1 N–H and O–H groups in total. The van der Waals surface area contributed by atoms with E-state index < -0.39 is 0 Å². The molecule has 2 fully saturated rings. The van der Waals surface area contributed by atoms with Gasteiger partial charge in [0.25, 0.3) is 11.8 Å². The first-order valence-corrected chi connectivity index (χ1v) is 9.89. The van der Waals surface area contributed by atoms with Crippen LogP contribution >= 0.6 is 0 Å². The fraction of sp³-hybridized carbons (Fsp3) is 0.579. The maximum atomic E-state index is 12.7. The molecule has 1 saturated carbocycles. The first-order valence-electron chi connectivity index (χ1n) is 9.89. The van der Waals surface area contributed by atoms with Gasteiger partial charge in [-0.1, -0.05) is 5.16 Å². The summed E-state index contributed by atoms with van der Waals surface area (Å²) in [5.41, 5.74) is 0.821. The van der Waals surface area contributed by atoms with E-state index in [9.17, 15) is 9.59 Å². The predicted octanol–water partition coefficient (Wildman–Crippen LogP) is 0.482. The zero-order valence-electron chi connectivity index (χ0n) is 16.8. The third-order valence-electron chi connectivity index (χ3n) is 5.33. The predicted molar refractivity (Wildman–Crippen MR) is 103 cm³/mol. The van der Waals surface area contributed by atoms with Gasteiger partial charge in [-0.05, 0) is 12.8 Å². The molecular weight excluding hydrogens is 376 g/mol. The highest BCUT2D eigenvalue weighted by molar-refractivity contribution is 5.96. The summed E-state index contributed by atoms with van der Waals surface area (Å²) in [5.74, 6) is 1.31. The SMILES string of the molecule is COc1nn(C)cc1C(=O)N1CCN(CCNC(=O)c2cc(C3CC3)on2)CC1. The smallest absolute Gasteiger partial charge is 0.273 e. The third-order valence-corrected chi connectivity index (χ3v) is 5.33. The number of carbonyl (C=O) groups excluding carboxylic acids is 2. The Morgan fingerprint density at radius 3 is 2.72 bits per heavy atom. The average molecular weight is 402 g/mol. The largest absolute Gasteiger partial charge is 0.479 e. The molecule has 3 heterocycles. The number of piperazine rings is 1. The lowest BCUT2D eigenvalue weighted by molar-refractivity contribution is 0.0634. The highest BCUT2D eigenvalue weighted by Crippen LogP contribution is 2.40. The molecule has 0 bridgehead atoms. The fourth-order valence-corrected chi connectivity index (χ4v) is 3.49. The van der Waals surface area contributed by atoms with Gasteiger partial charge in [-0.3, -0.25) is 19.2 Å². The number of aromatic nitrogens is 3. The monoisotopic (exact) mass is 402 g/mol. The fourth-order valence-electron chi connectivity index (χ4n) is 3.49. The number of nitrogens with zero attached hydrogens (tertiary/aromatic N) is 5. The van der Waals surface area contributed by atoms with Crippen LogP contribution in [0, 0.1) is 0 Å². The molecular formula is C19H26N6O4. The molecule has 29 heavy (non-hydrogen) atoms. The van der Waals surface area contributed by atoms with Crippen LogP contribution in [-0.2, 0) is 7.05 Å². The average Bonchev–Trinajstić information content (AvgIpc) is 3.33. The topological polar surface area (TPSA) is 106 Å². The summed E-state index contributed by atoms with van der Waals surface area (Å²) < 4.78 is 12.0. The summed E-state index contributed by atoms with van der Waals surface area (Å²) in [4.78, 5) is 28.9. The molecule has 2 amide bonds. The molecule has 4 rings (SSSR count). The molecule has 2 aliphatic rings. The Morgan fingerprint density at radius 1 is 1.28 bits per heavy atom. The van der Waals surface area contributed by atoms with Crippen LogP contribution in [0.3, 0.4) is 0 Å². The van der Waals surface area contributed by atoms with Crippen LogP contribution in [0.15, 0.2) is 16.8 Å². The number of hydrogen-bond donors (Lipinski definition) is 1. The third kappa shape index (κ3) is 4.42. The molecule has 2 aromatic rings. The quantitative estimate of drug-likeness (QED) is 0.718. The van der Waals surface area contributed by atoms with Gasteiger partial charge in [0.05, 0.1) is 7.11 Å². The van der Waals surface area contributed by atoms with Crippen molar-refractivity contribution in [2.24, 2.45) is 7.05 Å². The van der Waals surface area contributed by atoms with Crippen molar-refractivity contribution in [2.45, 2.75) is 18.8 Å². The van der Waals surface area contributed by atoms with E-state index in [1.807, 2.05) is 4.90 Å². The van der Waals surface area contributed by atoms with Crippen molar-refractivity contribution in [3.05, 3.63) is 29.3 Å². The van der Waals surface area contributed by atoms with Crippen LogP contribution in [0.1, 0.15) is 45.4 Å². The highest BCUT2D eigenvalue weighted by atomic mass is 16.5. The minimum atomic E-state index is -0.210. The van der Waals surface area contributed by atoms with Crippen molar-refractivity contribution >= 4 is 11.8 Å². The number of aryl methyl sites for hydroxylation is 1. The van der Waals surface area contributed by atoms with Crippen LogP contribution in [0.25, 0.3) is 0 Å². The lowest BCUT2D eigenvalue weighted by Crippen LogP contribution is -2.50. The van der Waals surface area contributed by atoms with Gasteiger partial charge in [-0.25, -0.2) is 0 Å². The van der Waals surface area contributed by atoms with Gasteiger partial charge in [-0.15, -0.1) is 5.10 Å². The number of methoxy groups -OCH3 is 1. The zero-order valence-corrected chi connectivity index (χ0v) is 16.8. The second-order valence-corrected chi connectivity index (χ2v) is 7.50. The Kier molecular flexibility index (Phi) is 5.52. The molecule has 0 radical (unpaired) electrons. The molecule has 1 saturated heterocycles. The molecule has 1 aliphatic heterocycles. The van der Waals surface area contributed by atoms with E-state index in [4.69, 9.17) is 9.26 Å². The molecule has 0 aromatic carbocycles. The molecule has 10 nitrogen and oxygen atoms in total. The van der Waals surface area contributed by atoms with Crippen LogP contribution < -0.4 is 10.1 Å². The summed E-state index contributed by atoms with van der Waals surface area (Å²) in [7, 11) is 3.27. The molecule has 2 aromatic heterocycles. The van der Waals surface area contributed by atoms with Crippen LogP contribution in [0.5, 0.6) is 5.88 Å². The van der Waals surface area contributed by atoms with Gasteiger partial charge in [0.2, 0.25) is 5.88 Å². The molecule has 0 atom stereocenters. The Morgan fingerprint density at radius 2 is 2.03 bits per heavy atom. The Balaban J connectivity index is 1.20. The second-order valence-electron chi connectivity index (χ2n) is 7.50. The molecule has 156 valence electrons. The van der Waals surface area contributed by atoms with Crippen LogP contribution in [0.2, 0.25) is 0 Å². The number of ether oxygens (including phenoxy) is 1. The molecule has 0 unspecified atom stereocenters. The van der Waals surface area contributed by atoms with Crippen molar-refractivity contribution in [1.82, 2.24) is 30.1 Å². The van der Waals surface area contributed by atoms with Crippen molar-refractivity contribution in [3.63, 3.8) is 0 Å². The lowest BCUT2D eigenvalue weighted by atomic mass is 10.2. The van der Waals surface area contributed by atoms with Crippen molar-refractivity contribution in [1.29, 1.82) is 0 Å². The standard InChI is InChI=1S/C19H26N6O4/c1-23-12-14(18(21-23)28-2)19(27)25-9-7-24(8-10-25)6-5-20-17(26)15-11-16(29-22-15)13-3-4-13/h11-13H,3-10H2,1-2H3,(H,20,26). The normalized spacial score (nSPS) is 17.4. The zero-order chi connectivity index (χ0) is 20.4. The van der Waals surface area contributed by atoms with Gasteiger partial charge in [0, 0.05) is 64.5 Å². The highest BCUT2D eigenvalue weighted by Gasteiger charge is 2.29. The van der Waals surface area contributed by atoms with Crippen molar-refractivity contribution in [2.75, 3.05) is 46.4 Å². The van der Waals surface area contributed by atoms with Gasteiger partial charge in [-0.2, -0.15) is 0 Å². The molecule has 10 heteroatoms. The van der Waals surface area contributed by atoms with E-state index in [2.05, 4.69) is 20.5 Å². The van der Waals surface area contributed by atoms with E-state index in [0.717, 1.165) is 38.2 Å². The van der Waals surface area contributed by atoms with Crippen LogP contribution in [-0.4, -0.2) is 82.9 Å². The maximum absolute atomic E-state index is 12.7. The summed E-state index contributed by atoms with van der Waals surface area (Å²) in [5, 5.41) is 10.9. The number of rotatable bonds is 7. The summed E-state index contributed by atoms with van der Waals surface area (Å²) in [6.07, 6.45) is 3.90. The summed E-state index contributed by atoms with van der Waals surface area (Å²) >= 11 is 0. The van der Waals surface area contributed by atoms with E-state index in [1.165, 1.54) is 7.11 Å². The number of amides is 2. The van der Waals surface area contributed by atoms with E-state index in [-0.39, 0.29) is 11.8 Å². The summed E-state index contributed by atoms with van der Waals surface area (Å²) in [6.45, 7) is 3.99. The number of hydrogen-bond acceptors (Lipinski definition) is 7. The number of carbonyl (C=O) groups is 2. The van der Waals surface area contributed by atoms with Crippen molar-refractivity contribution in [3.8, 4) is 5.88 Å². The van der Waals surface area contributed by atoms with Crippen LogP contribution in [0.4, 0.5) is 0 Å². The van der Waals surface area contributed by atoms with Gasteiger partial charge < -0.3 is 19.5 Å². The van der Waals surface area contributed by atoms with Gasteiger partial charge in [0.15, 0.2) is 5.69 Å². The molecule has 0 spiro atoms. The second kappa shape index (κ2) is 8.24. The van der Waals surface area contributed by atoms with Crippen molar-refractivity contribution < 1.29 is 18.8 Å². The van der Waals surface area contributed by atoms with E-state index in [1.54, 1.807) is 24.0 Å². The first kappa shape index (κ1) is 19.4. The Hall–Kier alpha value is -2.88. The minimum Gasteiger partial charge on any atom is -0.479 e. The molecule has 1 aliphatic carbocycles. The summed E-state index contributed by atoms with van der Waals surface area (Å²) in [6, 6.07) is 1.74. The lowest BCUT2D eigenvalue weighted by Gasteiger charge is -2.34. The minimum absolute atomic E-state index is 0.0691. The maximum Gasteiger partial charge on any atom is 0.273 e. The Bertz CT molecular complexity index is 879. The van der Waals surface area contributed by atoms with E-state index in [0.29, 0.717) is 42.7 Å².